The maximum Gasteiger partial charge on any atom is 0.307 e. The van der Waals surface area contributed by atoms with Gasteiger partial charge in [-0.25, -0.2) is 8.78 Å². The molecular weight excluding hydrogens is 378 g/mol. The lowest BCUT2D eigenvalue weighted by Crippen LogP contribution is -2.68. The quantitative estimate of drug-likeness (QED) is 0.677. The van der Waals surface area contributed by atoms with Crippen molar-refractivity contribution in [1.29, 1.82) is 0 Å². The van der Waals surface area contributed by atoms with Gasteiger partial charge in [-0.1, -0.05) is 33.8 Å². The van der Waals surface area contributed by atoms with Crippen molar-refractivity contribution >= 4 is 11.8 Å². The minimum atomic E-state index is -2.13. The summed E-state index contributed by atoms with van der Waals surface area (Å²) in [7, 11) is 0. The monoisotopic (exact) mass is 410 g/mol. The van der Waals surface area contributed by atoms with E-state index < -0.39 is 46.6 Å². The molecule has 0 radical (unpaired) electrons. The zero-order chi connectivity index (χ0) is 21.9. The Balaban J connectivity index is 0.00000117. The fraction of sp³-hybridized carbons (Fsp3) is 0.739. The van der Waals surface area contributed by atoms with E-state index >= 15 is 8.78 Å². The Morgan fingerprint density at radius 3 is 2.41 bits per heavy atom. The fourth-order valence-corrected chi connectivity index (χ4v) is 7.10. The molecule has 4 aliphatic rings. The summed E-state index contributed by atoms with van der Waals surface area (Å²) in [6.07, 6.45) is 1.31. The largest absolute Gasteiger partial charge is 0.481 e. The lowest BCUT2D eigenvalue weighted by Gasteiger charge is -2.62. The summed E-state index contributed by atoms with van der Waals surface area (Å²) in [5, 5.41) is 20.7. The fourth-order valence-electron chi connectivity index (χ4n) is 7.10. The first-order valence-corrected chi connectivity index (χ1v) is 10.7. The third-order valence-corrected chi connectivity index (χ3v) is 8.23. The van der Waals surface area contributed by atoms with E-state index in [1.165, 1.54) is 18.2 Å². The molecule has 0 bridgehead atoms. The van der Waals surface area contributed by atoms with Gasteiger partial charge in [0.15, 0.2) is 11.5 Å². The number of fused-ring (bicyclic) bond motifs is 5. The Hall–Kier alpha value is -1.56. The molecular formula is C23H32F2O4. The van der Waals surface area contributed by atoms with Crippen molar-refractivity contribution in [2.24, 2.45) is 34.5 Å². The van der Waals surface area contributed by atoms with Crippen molar-refractivity contribution in [1.82, 2.24) is 0 Å². The Labute approximate surface area is 171 Å². The van der Waals surface area contributed by atoms with Gasteiger partial charge in [-0.15, -0.1) is 0 Å². The highest BCUT2D eigenvalue weighted by molar-refractivity contribution is 6.01. The third-order valence-electron chi connectivity index (χ3n) is 8.23. The SMILES string of the molecule is CC.C[C@@H]1CC2C3C[C@H](F)C4=CC(=O)C=CC4(C)[C@@]3(F)C(O)CC2(C)C1C(=O)O. The highest BCUT2D eigenvalue weighted by Crippen LogP contribution is 2.69. The Morgan fingerprint density at radius 1 is 1.21 bits per heavy atom. The maximum atomic E-state index is 16.7. The highest BCUT2D eigenvalue weighted by atomic mass is 19.1. The molecule has 3 saturated carbocycles. The second-order valence-corrected chi connectivity index (χ2v) is 9.48. The number of allylic oxidation sites excluding steroid dienone is 4. The average molecular weight is 411 g/mol. The minimum Gasteiger partial charge on any atom is -0.481 e. The number of carbonyl (C=O) groups is 2. The molecule has 162 valence electrons. The minimum absolute atomic E-state index is 0.0214. The first-order chi connectivity index (χ1) is 13.5. The Morgan fingerprint density at radius 2 is 1.83 bits per heavy atom. The smallest absolute Gasteiger partial charge is 0.307 e. The van der Waals surface area contributed by atoms with Gasteiger partial charge >= 0.3 is 5.97 Å². The van der Waals surface area contributed by atoms with Crippen LogP contribution >= 0.6 is 0 Å². The summed E-state index contributed by atoms with van der Waals surface area (Å²) < 4.78 is 31.8. The number of carboxylic acids is 1. The molecule has 0 amide bonds. The first-order valence-electron chi connectivity index (χ1n) is 10.7. The van der Waals surface area contributed by atoms with Gasteiger partial charge in [0.2, 0.25) is 0 Å². The molecule has 4 rings (SSSR count). The number of aliphatic hydroxyl groups is 1. The summed E-state index contributed by atoms with van der Waals surface area (Å²) >= 11 is 0. The summed E-state index contributed by atoms with van der Waals surface area (Å²) in [6, 6.07) is 0. The van der Waals surface area contributed by atoms with Crippen LogP contribution in [0.25, 0.3) is 0 Å². The molecule has 0 spiro atoms. The van der Waals surface area contributed by atoms with Crippen LogP contribution in [0.4, 0.5) is 8.78 Å². The molecule has 6 heteroatoms. The van der Waals surface area contributed by atoms with Gasteiger partial charge in [0.1, 0.15) is 6.17 Å². The molecule has 29 heavy (non-hydrogen) atoms. The van der Waals surface area contributed by atoms with Crippen LogP contribution in [0.1, 0.15) is 53.9 Å². The lowest BCUT2D eigenvalue weighted by molar-refractivity contribution is -0.204. The number of hydrogen-bond acceptors (Lipinski definition) is 3. The number of carbonyl (C=O) groups excluding carboxylic acids is 1. The zero-order valence-corrected chi connectivity index (χ0v) is 17.8. The van der Waals surface area contributed by atoms with Crippen molar-refractivity contribution in [2.45, 2.75) is 71.8 Å². The first kappa shape index (κ1) is 22.1. The van der Waals surface area contributed by atoms with E-state index in [4.69, 9.17) is 0 Å². The number of hydrogen-bond donors (Lipinski definition) is 2. The number of aliphatic hydroxyl groups excluding tert-OH is 1. The summed E-state index contributed by atoms with van der Waals surface area (Å²) in [5.74, 6) is -3.29. The van der Waals surface area contributed by atoms with Gasteiger partial charge in [0, 0.05) is 11.3 Å². The molecule has 3 fully saturated rings. The standard InChI is InChI=1S/C21H26F2O4.C2H6/c1-10-6-12-13-8-15(22)14-7-11(24)4-5-20(14,3)21(13,23)16(25)9-19(12,2)17(10)18(26)27;1-2/h4-5,7,10,12-13,15-17,25H,6,8-9H2,1-3H3,(H,26,27);1-2H3/t10-,12?,13?,15+,16?,17?,19?,20?,21+;/m1./s1. The van der Waals surface area contributed by atoms with E-state index in [1.807, 2.05) is 27.7 Å². The topological polar surface area (TPSA) is 74.6 Å². The molecule has 9 atom stereocenters. The Kier molecular flexibility index (Phi) is 5.34. The van der Waals surface area contributed by atoms with Crippen LogP contribution < -0.4 is 0 Å². The Bertz CT molecular complexity index is 777. The van der Waals surface area contributed by atoms with Crippen molar-refractivity contribution in [2.75, 3.05) is 0 Å². The maximum absolute atomic E-state index is 16.7. The highest BCUT2D eigenvalue weighted by Gasteiger charge is 2.73. The third kappa shape index (κ3) is 2.70. The second kappa shape index (κ2) is 7.00. The molecule has 4 aliphatic carbocycles. The molecule has 6 unspecified atom stereocenters. The van der Waals surface area contributed by atoms with Gasteiger partial charge in [-0.2, -0.15) is 0 Å². The van der Waals surface area contributed by atoms with Crippen molar-refractivity contribution in [3.63, 3.8) is 0 Å². The number of rotatable bonds is 1. The zero-order valence-electron chi connectivity index (χ0n) is 17.8. The second-order valence-electron chi connectivity index (χ2n) is 9.48. The molecule has 0 heterocycles. The summed E-state index contributed by atoms with van der Waals surface area (Å²) in [5.41, 5.74) is -4.22. The molecule has 0 aromatic carbocycles. The summed E-state index contributed by atoms with van der Waals surface area (Å²) in [6.45, 7) is 9.21. The number of alkyl halides is 2. The van der Waals surface area contributed by atoms with E-state index in [2.05, 4.69) is 0 Å². The molecule has 2 N–H and O–H groups in total. The van der Waals surface area contributed by atoms with E-state index in [0.717, 1.165) is 0 Å². The molecule has 4 nitrogen and oxygen atoms in total. The predicted molar refractivity (Wildman–Crippen MR) is 106 cm³/mol. The molecule has 0 aromatic rings. The van der Waals surface area contributed by atoms with Crippen LogP contribution in [-0.4, -0.2) is 39.9 Å². The van der Waals surface area contributed by atoms with Crippen LogP contribution in [-0.2, 0) is 9.59 Å². The van der Waals surface area contributed by atoms with Gasteiger partial charge in [0.05, 0.1) is 12.0 Å². The average Bonchev–Trinajstić information content (AvgIpc) is 2.91. The molecule has 0 saturated heterocycles. The molecule has 0 aromatic heterocycles. The van der Waals surface area contributed by atoms with Crippen molar-refractivity contribution in [3.8, 4) is 0 Å². The lowest BCUT2D eigenvalue weighted by atomic mass is 9.45. The van der Waals surface area contributed by atoms with E-state index in [0.29, 0.717) is 6.42 Å². The van der Waals surface area contributed by atoms with Crippen molar-refractivity contribution in [3.05, 3.63) is 23.8 Å². The van der Waals surface area contributed by atoms with Gasteiger partial charge in [-0.3, -0.25) is 9.59 Å². The van der Waals surface area contributed by atoms with Crippen LogP contribution in [0.2, 0.25) is 0 Å². The molecule has 0 aliphatic heterocycles. The van der Waals surface area contributed by atoms with Gasteiger partial charge in [0.25, 0.3) is 0 Å². The van der Waals surface area contributed by atoms with E-state index in [9.17, 15) is 19.8 Å². The van der Waals surface area contributed by atoms with Crippen LogP contribution in [0.15, 0.2) is 23.8 Å². The van der Waals surface area contributed by atoms with E-state index in [1.54, 1.807) is 6.92 Å². The number of carboxylic acid groups (broad SMARTS) is 1. The van der Waals surface area contributed by atoms with Crippen molar-refractivity contribution < 1.29 is 28.6 Å². The van der Waals surface area contributed by atoms with Gasteiger partial charge < -0.3 is 10.2 Å². The summed E-state index contributed by atoms with van der Waals surface area (Å²) in [4.78, 5) is 23.7. The van der Waals surface area contributed by atoms with Crippen LogP contribution in [0, 0.1) is 34.5 Å². The normalized spacial score (nSPS) is 50.5. The number of halogens is 2. The van der Waals surface area contributed by atoms with Crippen LogP contribution in [0.3, 0.4) is 0 Å². The van der Waals surface area contributed by atoms with E-state index in [-0.39, 0.29) is 36.0 Å². The number of aliphatic carboxylic acids is 1. The van der Waals surface area contributed by atoms with Gasteiger partial charge in [-0.05, 0) is 61.2 Å². The predicted octanol–water partition coefficient (Wildman–Crippen LogP) is 4.28. The number of ketones is 1. The van der Waals surface area contributed by atoms with Crippen LogP contribution in [0.5, 0.6) is 0 Å².